The van der Waals surface area contributed by atoms with Crippen molar-refractivity contribution >= 4 is 41.5 Å². The zero-order valence-corrected chi connectivity index (χ0v) is 21.0. The second kappa shape index (κ2) is 16.7. The molecule has 1 aliphatic rings. The number of carbonyl (C=O) groups excluding carboxylic acids is 5. The van der Waals surface area contributed by atoms with Crippen molar-refractivity contribution in [3.63, 3.8) is 0 Å². The monoisotopic (exact) mass is 543 g/mol. The molecule has 1 aliphatic heterocycles. The van der Waals surface area contributed by atoms with Gasteiger partial charge in [-0.15, -0.1) is 0 Å². The number of aliphatic hydroxyl groups excluding tert-OH is 1. The van der Waals surface area contributed by atoms with Gasteiger partial charge in [0.25, 0.3) is 0 Å². The molecule has 0 aromatic heterocycles. The Morgan fingerprint density at radius 1 is 0.974 bits per heavy atom. The number of nitrogens with one attached hydrogen (secondary N) is 4. The van der Waals surface area contributed by atoms with E-state index >= 15 is 0 Å². The third kappa shape index (κ3) is 11.4. The van der Waals surface area contributed by atoms with Crippen molar-refractivity contribution in [2.24, 2.45) is 22.2 Å². The van der Waals surface area contributed by atoms with Gasteiger partial charge in [0.1, 0.15) is 18.1 Å². The van der Waals surface area contributed by atoms with Crippen LogP contribution in [0.4, 0.5) is 0 Å². The summed E-state index contributed by atoms with van der Waals surface area (Å²) in [7, 11) is 0. The highest BCUT2D eigenvalue weighted by atomic mass is 16.4. The lowest BCUT2D eigenvalue weighted by molar-refractivity contribution is -0.149. The van der Waals surface area contributed by atoms with Gasteiger partial charge in [-0.3, -0.25) is 29.0 Å². The number of likely N-dealkylation sites (tertiary alicyclic amines) is 1. The number of carbonyl (C=O) groups is 6. The number of carboxylic acid groups (broad SMARTS) is 1. The first-order chi connectivity index (χ1) is 18.0. The topological polar surface area (TPSA) is 285 Å². The summed E-state index contributed by atoms with van der Waals surface area (Å²) in [5, 5.41) is 28.1. The van der Waals surface area contributed by atoms with Crippen LogP contribution in [0.25, 0.3) is 0 Å². The van der Waals surface area contributed by atoms with Crippen LogP contribution in [0.5, 0.6) is 0 Å². The number of hydrogen-bond donors (Lipinski definition) is 9. The van der Waals surface area contributed by atoms with Crippen molar-refractivity contribution in [3.8, 4) is 0 Å². The molecule has 0 aromatic carbocycles. The number of aliphatic imine (C=N–C) groups is 1. The van der Waals surface area contributed by atoms with Gasteiger partial charge in [0.15, 0.2) is 5.96 Å². The maximum absolute atomic E-state index is 13.0. The fourth-order valence-corrected chi connectivity index (χ4v) is 3.62. The second-order valence-corrected chi connectivity index (χ2v) is 8.43. The Hall–Kier alpha value is -3.99. The molecule has 17 nitrogen and oxygen atoms in total. The molecule has 17 heteroatoms. The summed E-state index contributed by atoms with van der Waals surface area (Å²) < 4.78 is 0. The number of aliphatic hydroxyl groups is 1. The van der Waals surface area contributed by atoms with Crippen molar-refractivity contribution in [1.29, 1.82) is 0 Å². The Morgan fingerprint density at radius 3 is 2.18 bits per heavy atom. The van der Waals surface area contributed by atoms with Crippen molar-refractivity contribution in [3.05, 3.63) is 0 Å². The number of guanidine groups is 1. The molecule has 0 saturated carbocycles. The van der Waals surface area contributed by atoms with Gasteiger partial charge in [-0.25, -0.2) is 4.79 Å². The Kier molecular flexibility index (Phi) is 14.1. The van der Waals surface area contributed by atoms with Gasteiger partial charge < -0.3 is 53.6 Å². The minimum absolute atomic E-state index is 0.0127. The highest BCUT2D eigenvalue weighted by molar-refractivity contribution is 5.94. The van der Waals surface area contributed by atoms with Gasteiger partial charge in [0.05, 0.1) is 19.7 Å². The van der Waals surface area contributed by atoms with Crippen LogP contribution in [0.2, 0.25) is 0 Å². The highest BCUT2D eigenvalue weighted by Gasteiger charge is 2.37. The molecule has 1 fully saturated rings. The van der Waals surface area contributed by atoms with Crippen LogP contribution in [-0.2, 0) is 28.8 Å². The van der Waals surface area contributed by atoms with E-state index in [1.165, 1.54) is 4.90 Å². The van der Waals surface area contributed by atoms with E-state index < -0.39 is 73.3 Å². The first-order valence-corrected chi connectivity index (χ1v) is 12.0. The average molecular weight is 544 g/mol. The molecule has 0 aromatic rings. The summed E-state index contributed by atoms with van der Waals surface area (Å²) in [6, 6.07) is -3.51. The standard InChI is InChI=1S/C21H37N9O8/c22-6-5-15(32)26-9-16(33)29-13(11-31)18(35)27-10-17(34)28-12(3-1-7-25-21(23)24)19(36)30-8-2-4-14(30)20(37)38/h12-14,31H,1-11,22H2,(H,26,32)(H,27,35)(H,28,34)(H,29,33)(H,37,38)(H4,23,24,25)/t12-,13-,14-/m0/s1. The quantitative estimate of drug-likeness (QED) is 0.0503. The minimum Gasteiger partial charge on any atom is -0.480 e. The summed E-state index contributed by atoms with van der Waals surface area (Å²) >= 11 is 0. The molecule has 1 heterocycles. The zero-order chi connectivity index (χ0) is 28.7. The highest BCUT2D eigenvalue weighted by Crippen LogP contribution is 2.19. The second-order valence-electron chi connectivity index (χ2n) is 8.43. The maximum atomic E-state index is 13.0. The SMILES string of the molecule is NCCC(=O)NCC(=O)N[C@@H](CO)C(=O)NCC(=O)N[C@@H](CCCN=C(N)N)C(=O)N1CCC[C@H]1C(=O)O. The van der Waals surface area contributed by atoms with Crippen molar-refractivity contribution in [2.45, 2.75) is 50.2 Å². The zero-order valence-electron chi connectivity index (χ0n) is 21.0. The number of rotatable bonds is 16. The van der Waals surface area contributed by atoms with Gasteiger partial charge in [-0.1, -0.05) is 0 Å². The van der Waals surface area contributed by atoms with Gasteiger partial charge in [0, 0.05) is 26.1 Å². The lowest BCUT2D eigenvalue weighted by Gasteiger charge is -2.27. The average Bonchev–Trinajstić information content (AvgIpc) is 3.36. The normalized spacial score (nSPS) is 16.1. The Bertz CT molecular complexity index is 894. The van der Waals surface area contributed by atoms with E-state index in [4.69, 9.17) is 17.2 Å². The van der Waals surface area contributed by atoms with E-state index in [0.717, 1.165) is 0 Å². The molecule has 0 spiro atoms. The summed E-state index contributed by atoms with van der Waals surface area (Å²) in [6.07, 6.45) is 1.20. The number of nitrogens with zero attached hydrogens (tertiary/aromatic N) is 2. The fourth-order valence-electron chi connectivity index (χ4n) is 3.62. The lowest BCUT2D eigenvalue weighted by Crippen LogP contribution is -2.55. The first-order valence-electron chi connectivity index (χ1n) is 12.0. The molecular formula is C21H37N9O8. The summed E-state index contributed by atoms with van der Waals surface area (Å²) in [5.74, 6) is -4.74. The number of aliphatic carboxylic acids is 1. The molecule has 0 bridgehead atoms. The molecule has 1 rings (SSSR count). The lowest BCUT2D eigenvalue weighted by atomic mass is 10.1. The van der Waals surface area contributed by atoms with E-state index in [1.807, 2.05) is 0 Å². The van der Waals surface area contributed by atoms with Crippen LogP contribution in [0.1, 0.15) is 32.1 Å². The molecule has 214 valence electrons. The molecule has 12 N–H and O–H groups in total. The van der Waals surface area contributed by atoms with Crippen LogP contribution in [0, 0.1) is 0 Å². The fraction of sp³-hybridized carbons (Fsp3) is 0.667. The van der Waals surface area contributed by atoms with E-state index in [2.05, 4.69) is 26.3 Å². The van der Waals surface area contributed by atoms with Gasteiger partial charge in [-0.2, -0.15) is 0 Å². The molecule has 0 unspecified atom stereocenters. The van der Waals surface area contributed by atoms with Crippen molar-refractivity contribution in [2.75, 3.05) is 39.3 Å². The van der Waals surface area contributed by atoms with Gasteiger partial charge in [-0.05, 0) is 25.7 Å². The molecule has 0 aliphatic carbocycles. The van der Waals surface area contributed by atoms with E-state index in [1.54, 1.807) is 0 Å². The minimum atomic E-state index is -1.40. The Labute approximate surface area is 218 Å². The molecule has 3 atom stereocenters. The van der Waals surface area contributed by atoms with Crippen LogP contribution in [0.3, 0.4) is 0 Å². The Morgan fingerprint density at radius 2 is 1.61 bits per heavy atom. The van der Waals surface area contributed by atoms with Crippen LogP contribution in [0.15, 0.2) is 4.99 Å². The number of amides is 5. The smallest absolute Gasteiger partial charge is 0.326 e. The summed E-state index contributed by atoms with van der Waals surface area (Å²) in [4.78, 5) is 77.7. The number of hydrogen-bond acceptors (Lipinski definition) is 9. The largest absolute Gasteiger partial charge is 0.480 e. The first kappa shape index (κ1) is 32.0. The van der Waals surface area contributed by atoms with E-state index in [-0.39, 0.29) is 44.9 Å². The third-order valence-electron chi connectivity index (χ3n) is 5.47. The molecule has 1 saturated heterocycles. The molecule has 0 radical (unpaired) electrons. The molecular weight excluding hydrogens is 506 g/mol. The third-order valence-corrected chi connectivity index (χ3v) is 5.47. The van der Waals surface area contributed by atoms with E-state index in [9.17, 15) is 39.0 Å². The number of nitrogens with two attached hydrogens (primary N) is 3. The number of carboxylic acids is 1. The van der Waals surface area contributed by atoms with Crippen LogP contribution in [-0.4, -0.2) is 114 Å². The van der Waals surface area contributed by atoms with Gasteiger partial charge in [0.2, 0.25) is 29.5 Å². The predicted octanol–water partition coefficient (Wildman–Crippen LogP) is -5.34. The maximum Gasteiger partial charge on any atom is 0.326 e. The van der Waals surface area contributed by atoms with Crippen LogP contribution < -0.4 is 38.5 Å². The van der Waals surface area contributed by atoms with Gasteiger partial charge >= 0.3 is 5.97 Å². The molecule has 5 amide bonds. The van der Waals surface area contributed by atoms with Crippen molar-refractivity contribution in [1.82, 2.24) is 26.2 Å². The summed E-state index contributed by atoms with van der Waals surface area (Å²) in [5.41, 5.74) is 15.8. The van der Waals surface area contributed by atoms with Crippen LogP contribution >= 0.6 is 0 Å². The van der Waals surface area contributed by atoms with Crippen molar-refractivity contribution < 1.29 is 39.0 Å². The summed E-state index contributed by atoms with van der Waals surface area (Å²) in [6.45, 7) is -1.34. The molecule has 38 heavy (non-hydrogen) atoms. The predicted molar refractivity (Wildman–Crippen MR) is 133 cm³/mol. The van der Waals surface area contributed by atoms with E-state index in [0.29, 0.717) is 12.8 Å². The Balaban J connectivity index is 2.70.